The second-order valence-corrected chi connectivity index (χ2v) is 3.91. The van der Waals surface area contributed by atoms with E-state index in [1.807, 2.05) is 35.2 Å². The lowest BCUT2D eigenvalue weighted by atomic mass is 10.3. The van der Waals surface area contributed by atoms with Gasteiger partial charge in [-0.2, -0.15) is 0 Å². The first kappa shape index (κ1) is 13.7. The summed E-state index contributed by atoms with van der Waals surface area (Å²) in [6.07, 6.45) is 0.971. The summed E-state index contributed by atoms with van der Waals surface area (Å²) >= 11 is 0. The van der Waals surface area contributed by atoms with E-state index in [2.05, 4.69) is 12.2 Å². The van der Waals surface area contributed by atoms with Crippen molar-refractivity contribution >= 4 is 11.6 Å². The number of benzene rings is 1. The summed E-state index contributed by atoms with van der Waals surface area (Å²) in [4.78, 5) is 13.7. The van der Waals surface area contributed by atoms with Gasteiger partial charge in [0.15, 0.2) is 0 Å². The van der Waals surface area contributed by atoms with E-state index in [9.17, 15) is 4.79 Å². The molecule has 0 unspecified atom stereocenters. The number of aliphatic hydroxyl groups is 1. The Labute approximate surface area is 102 Å². The standard InChI is InChI=1S/C13H20N2O2/c1-2-8-15(9-10-16)11-13(17)14-12-6-4-3-5-7-12/h3-7,16H,2,8-11H2,1H3,(H,14,17). The van der Waals surface area contributed by atoms with Crippen LogP contribution >= 0.6 is 0 Å². The SMILES string of the molecule is CCCN(CCO)CC(=O)Nc1ccccc1. The first-order valence-corrected chi connectivity index (χ1v) is 5.94. The molecule has 0 aliphatic rings. The average molecular weight is 236 g/mol. The second-order valence-electron chi connectivity index (χ2n) is 3.91. The molecular formula is C13H20N2O2. The predicted octanol–water partition coefficient (Wildman–Crippen LogP) is 1.33. The highest BCUT2D eigenvalue weighted by atomic mass is 16.3. The van der Waals surface area contributed by atoms with Gasteiger partial charge in [0.25, 0.3) is 0 Å². The van der Waals surface area contributed by atoms with Gasteiger partial charge in [0.2, 0.25) is 5.91 Å². The summed E-state index contributed by atoms with van der Waals surface area (Å²) < 4.78 is 0. The van der Waals surface area contributed by atoms with E-state index >= 15 is 0 Å². The van der Waals surface area contributed by atoms with Crippen molar-refractivity contribution in [2.75, 3.05) is 31.6 Å². The highest BCUT2D eigenvalue weighted by Gasteiger charge is 2.09. The van der Waals surface area contributed by atoms with Crippen LogP contribution < -0.4 is 5.32 Å². The number of carbonyl (C=O) groups excluding carboxylic acids is 1. The molecule has 0 saturated carbocycles. The number of aliphatic hydroxyl groups excluding tert-OH is 1. The van der Waals surface area contributed by atoms with Gasteiger partial charge in [0.05, 0.1) is 13.2 Å². The Hall–Kier alpha value is -1.39. The Kier molecular flexibility index (Phi) is 6.29. The van der Waals surface area contributed by atoms with Gasteiger partial charge in [-0.3, -0.25) is 9.69 Å². The van der Waals surface area contributed by atoms with E-state index in [4.69, 9.17) is 5.11 Å². The number of hydrogen-bond acceptors (Lipinski definition) is 3. The molecule has 0 saturated heterocycles. The summed E-state index contributed by atoms with van der Waals surface area (Å²) in [7, 11) is 0. The molecule has 1 aromatic carbocycles. The number of rotatable bonds is 7. The van der Waals surface area contributed by atoms with Crippen LogP contribution in [0.3, 0.4) is 0 Å². The number of anilines is 1. The van der Waals surface area contributed by atoms with Crippen LogP contribution in [0.2, 0.25) is 0 Å². The molecule has 0 aliphatic carbocycles. The van der Waals surface area contributed by atoms with Crippen LogP contribution in [0.4, 0.5) is 5.69 Å². The van der Waals surface area contributed by atoms with Gasteiger partial charge in [0, 0.05) is 12.2 Å². The Morgan fingerprint density at radius 2 is 2.00 bits per heavy atom. The fraction of sp³-hybridized carbons (Fsp3) is 0.462. The number of nitrogens with zero attached hydrogens (tertiary/aromatic N) is 1. The monoisotopic (exact) mass is 236 g/mol. The molecule has 0 heterocycles. The summed E-state index contributed by atoms with van der Waals surface area (Å²) in [6, 6.07) is 9.38. The Morgan fingerprint density at radius 3 is 2.59 bits per heavy atom. The Morgan fingerprint density at radius 1 is 1.29 bits per heavy atom. The summed E-state index contributed by atoms with van der Waals surface area (Å²) in [6.45, 7) is 3.82. The first-order chi connectivity index (χ1) is 8.26. The largest absolute Gasteiger partial charge is 0.395 e. The molecular weight excluding hydrogens is 216 g/mol. The molecule has 4 nitrogen and oxygen atoms in total. The van der Waals surface area contributed by atoms with E-state index in [0.717, 1.165) is 18.7 Å². The van der Waals surface area contributed by atoms with Crippen LogP contribution in [0.1, 0.15) is 13.3 Å². The molecule has 0 aliphatic heterocycles. The molecule has 1 amide bonds. The zero-order valence-electron chi connectivity index (χ0n) is 10.2. The molecule has 1 rings (SSSR count). The van der Waals surface area contributed by atoms with Crippen LogP contribution in [0, 0.1) is 0 Å². The Balaban J connectivity index is 2.42. The Bertz CT molecular complexity index is 321. The highest BCUT2D eigenvalue weighted by Crippen LogP contribution is 2.04. The van der Waals surface area contributed by atoms with E-state index in [0.29, 0.717) is 13.1 Å². The first-order valence-electron chi connectivity index (χ1n) is 5.94. The van der Waals surface area contributed by atoms with Crippen molar-refractivity contribution < 1.29 is 9.90 Å². The minimum atomic E-state index is -0.0434. The quantitative estimate of drug-likeness (QED) is 0.751. The smallest absolute Gasteiger partial charge is 0.238 e. The van der Waals surface area contributed by atoms with E-state index in [1.54, 1.807) is 0 Å². The molecule has 0 atom stereocenters. The van der Waals surface area contributed by atoms with Gasteiger partial charge in [-0.25, -0.2) is 0 Å². The molecule has 0 spiro atoms. The third-order valence-electron chi connectivity index (χ3n) is 2.38. The third-order valence-corrected chi connectivity index (χ3v) is 2.38. The van der Waals surface area contributed by atoms with Gasteiger partial charge in [-0.05, 0) is 25.1 Å². The van der Waals surface area contributed by atoms with E-state index in [-0.39, 0.29) is 12.5 Å². The number of carbonyl (C=O) groups is 1. The molecule has 0 radical (unpaired) electrons. The van der Waals surface area contributed by atoms with Crippen LogP contribution in [-0.4, -0.2) is 42.2 Å². The molecule has 4 heteroatoms. The maximum atomic E-state index is 11.7. The van der Waals surface area contributed by atoms with Crippen molar-refractivity contribution in [3.05, 3.63) is 30.3 Å². The van der Waals surface area contributed by atoms with Crippen LogP contribution in [0.15, 0.2) is 30.3 Å². The van der Waals surface area contributed by atoms with Crippen molar-refractivity contribution in [2.45, 2.75) is 13.3 Å². The lowest BCUT2D eigenvalue weighted by molar-refractivity contribution is -0.117. The van der Waals surface area contributed by atoms with Crippen molar-refractivity contribution in [3.63, 3.8) is 0 Å². The predicted molar refractivity (Wildman–Crippen MR) is 68.9 cm³/mol. The third kappa shape index (κ3) is 5.47. The van der Waals surface area contributed by atoms with Crippen molar-refractivity contribution in [1.82, 2.24) is 4.90 Å². The number of nitrogens with one attached hydrogen (secondary N) is 1. The van der Waals surface area contributed by atoms with Gasteiger partial charge >= 0.3 is 0 Å². The molecule has 0 bridgehead atoms. The maximum absolute atomic E-state index is 11.7. The zero-order chi connectivity index (χ0) is 12.5. The number of amides is 1. The van der Waals surface area contributed by atoms with E-state index in [1.165, 1.54) is 0 Å². The van der Waals surface area contributed by atoms with Crippen molar-refractivity contribution in [2.24, 2.45) is 0 Å². The lowest BCUT2D eigenvalue weighted by Crippen LogP contribution is -2.35. The van der Waals surface area contributed by atoms with Crippen LogP contribution in [0.25, 0.3) is 0 Å². The minimum absolute atomic E-state index is 0.0434. The average Bonchev–Trinajstić information content (AvgIpc) is 2.30. The van der Waals surface area contributed by atoms with Gasteiger partial charge in [0.1, 0.15) is 0 Å². The molecule has 17 heavy (non-hydrogen) atoms. The van der Waals surface area contributed by atoms with Crippen LogP contribution in [-0.2, 0) is 4.79 Å². The molecule has 0 fully saturated rings. The van der Waals surface area contributed by atoms with Crippen LogP contribution in [0.5, 0.6) is 0 Å². The number of para-hydroxylation sites is 1. The van der Waals surface area contributed by atoms with Crippen molar-refractivity contribution in [3.8, 4) is 0 Å². The highest BCUT2D eigenvalue weighted by molar-refractivity contribution is 5.92. The molecule has 2 N–H and O–H groups in total. The summed E-state index contributed by atoms with van der Waals surface area (Å²) in [5, 5.41) is 11.7. The van der Waals surface area contributed by atoms with Crippen molar-refractivity contribution in [1.29, 1.82) is 0 Å². The fourth-order valence-corrected chi connectivity index (χ4v) is 1.65. The molecule has 94 valence electrons. The normalized spacial score (nSPS) is 10.5. The molecule has 0 aromatic heterocycles. The molecule has 1 aromatic rings. The van der Waals surface area contributed by atoms with Gasteiger partial charge in [-0.15, -0.1) is 0 Å². The fourth-order valence-electron chi connectivity index (χ4n) is 1.65. The second kappa shape index (κ2) is 7.81. The maximum Gasteiger partial charge on any atom is 0.238 e. The minimum Gasteiger partial charge on any atom is -0.395 e. The van der Waals surface area contributed by atoms with Gasteiger partial charge < -0.3 is 10.4 Å². The topological polar surface area (TPSA) is 52.6 Å². The lowest BCUT2D eigenvalue weighted by Gasteiger charge is -2.19. The van der Waals surface area contributed by atoms with Gasteiger partial charge in [-0.1, -0.05) is 25.1 Å². The number of hydrogen-bond donors (Lipinski definition) is 2. The summed E-state index contributed by atoms with van der Waals surface area (Å²) in [5.41, 5.74) is 0.804. The summed E-state index contributed by atoms with van der Waals surface area (Å²) in [5.74, 6) is -0.0434. The zero-order valence-corrected chi connectivity index (χ0v) is 10.2. The van der Waals surface area contributed by atoms with E-state index < -0.39 is 0 Å².